The van der Waals surface area contributed by atoms with Crippen molar-refractivity contribution in [1.82, 2.24) is 0 Å². The van der Waals surface area contributed by atoms with Gasteiger partial charge in [0.2, 0.25) is 0 Å². The second-order valence-corrected chi connectivity index (χ2v) is 8.11. The van der Waals surface area contributed by atoms with Crippen LogP contribution < -0.4 is 0 Å². The Bertz CT molecular complexity index is 272. The lowest BCUT2D eigenvalue weighted by molar-refractivity contribution is 0.108. The van der Waals surface area contributed by atoms with Crippen LogP contribution in [0.4, 0.5) is 0 Å². The van der Waals surface area contributed by atoms with Crippen LogP contribution in [0, 0.1) is 0 Å². The zero-order valence-electron chi connectivity index (χ0n) is 7.74. The van der Waals surface area contributed by atoms with Gasteiger partial charge < -0.3 is 0 Å². The van der Waals surface area contributed by atoms with Gasteiger partial charge in [-0.25, -0.2) is 0 Å². The third-order valence-corrected chi connectivity index (χ3v) is 3.11. The number of carbonyl (C=O) groups is 1. The van der Waals surface area contributed by atoms with Crippen LogP contribution in [0.15, 0.2) is 30.3 Å². The average molecular weight is 181 g/mol. The van der Waals surface area contributed by atoms with Gasteiger partial charge in [-0.15, -0.1) is 0 Å². The van der Waals surface area contributed by atoms with Crippen molar-refractivity contribution < 1.29 is 4.79 Å². The first-order valence-corrected chi connectivity index (χ1v) is 7.06. The number of benzene rings is 1. The minimum absolute atomic E-state index is 0.308. The molecule has 0 atom stereocenters. The van der Waals surface area contributed by atoms with E-state index in [0.29, 0.717) is 5.52 Å². The van der Waals surface area contributed by atoms with Gasteiger partial charge in [-0.1, -0.05) is 37.6 Å². The number of hydrogen-bond donors (Lipinski definition) is 0. The second-order valence-electron chi connectivity index (χ2n) is 3.68. The highest BCUT2D eigenvalue weighted by Crippen LogP contribution is 2.49. The predicted molar refractivity (Wildman–Crippen MR) is 55.5 cm³/mol. The zero-order chi connectivity index (χ0) is 9.19. The van der Waals surface area contributed by atoms with Gasteiger partial charge in [-0.2, -0.15) is 0 Å². The zero-order valence-corrected chi connectivity index (χ0v) is 8.64. The Kier molecular flexibility index (Phi) is 2.64. The van der Waals surface area contributed by atoms with Crippen LogP contribution in [0.2, 0.25) is 0 Å². The first kappa shape index (κ1) is 9.41. The summed E-state index contributed by atoms with van der Waals surface area (Å²) >= 11 is 0. The van der Waals surface area contributed by atoms with E-state index in [1.54, 1.807) is 0 Å². The molecule has 65 valence electrons. The van der Waals surface area contributed by atoms with Gasteiger partial charge in [0.05, 0.1) is 0 Å². The van der Waals surface area contributed by atoms with Crippen LogP contribution in [0.1, 0.15) is 10.4 Å². The molecule has 1 aromatic rings. The van der Waals surface area contributed by atoms with E-state index < -0.39 is 7.26 Å². The van der Waals surface area contributed by atoms with E-state index in [4.69, 9.17) is 0 Å². The summed E-state index contributed by atoms with van der Waals surface area (Å²) in [5, 5.41) is 0. The maximum Gasteiger partial charge on any atom is 0.179 e. The Morgan fingerprint density at radius 3 is 2.00 bits per heavy atom. The third-order valence-electron chi connectivity index (χ3n) is 1.63. The molecule has 2 heteroatoms. The monoisotopic (exact) mass is 181 g/mol. The largest absolute Gasteiger partial charge is 0.289 e. The lowest BCUT2D eigenvalue weighted by Gasteiger charge is -2.18. The SMILES string of the molecule is C[P](C)(C)C(=O)c1ccccc1. The molecule has 0 aliphatic heterocycles. The van der Waals surface area contributed by atoms with Crippen LogP contribution in [0.5, 0.6) is 0 Å². The van der Waals surface area contributed by atoms with Gasteiger partial charge in [-0.05, 0) is 20.0 Å². The lowest BCUT2D eigenvalue weighted by Crippen LogP contribution is -2.03. The van der Waals surface area contributed by atoms with Crippen molar-refractivity contribution in [2.24, 2.45) is 0 Å². The smallest absolute Gasteiger partial charge is 0.179 e. The molecule has 1 rings (SSSR count). The van der Waals surface area contributed by atoms with Gasteiger partial charge in [0.15, 0.2) is 5.52 Å². The van der Waals surface area contributed by atoms with Crippen LogP contribution in [-0.2, 0) is 0 Å². The second kappa shape index (κ2) is 3.37. The molecule has 0 unspecified atom stereocenters. The Labute approximate surface area is 74.1 Å². The quantitative estimate of drug-likeness (QED) is 0.641. The van der Waals surface area contributed by atoms with Crippen molar-refractivity contribution in [3.8, 4) is 0 Å². The lowest BCUT2D eigenvalue weighted by atomic mass is 10.2. The molecular weight excluding hydrogens is 167 g/mol. The summed E-state index contributed by atoms with van der Waals surface area (Å²) in [7, 11) is -1.37. The third kappa shape index (κ3) is 2.15. The van der Waals surface area contributed by atoms with Crippen LogP contribution in [0.3, 0.4) is 0 Å². The maximum atomic E-state index is 11.7. The summed E-state index contributed by atoms with van der Waals surface area (Å²) in [6, 6.07) is 9.50. The number of carbonyl (C=O) groups excluding carboxylic acids is 1. The molecule has 0 bridgehead atoms. The molecule has 0 spiro atoms. The molecule has 0 heterocycles. The molecular formula is C10H14OP. The van der Waals surface area contributed by atoms with E-state index in [2.05, 4.69) is 0 Å². The van der Waals surface area contributed by atoms with Gasteiger partial charge in [0, 0.05) is 5.56 Å². The minimum atomic E-state index is -1.37. The van der Waals surface area contributed by atoms with Crippen molar-refractivity contribution in [2.45, 2.75) is 0 Å². The molecule has 0 fully saturated rings. The van der Waals surface area contributed by atoms with E-state index in [0.717, 1.165) is 5.56 Å². The maximum absolute atomic E-state index is 11.7. The molecule has 1 nitrogen and oxygen atoms in total. The van der Waals surface area contributed by atoms with Crippen LogP contribution in [-0.4, -0.2) is 25.5 Å². The summed E-state index contributed by atoms with van der Waals surface area (Å²) in [6.45, 7) is 6.13. The normalized spacial score (nSPS) is 11.2. The highest BCUT2D eigenvalue weighted by atomic mass is 31.2. The van der Waals surface area contributed by atoms with Crippen molar-refractivity contribution in [2.75, 3.05) is 20.0 Å². The fourth-order valence-electron chi connectivity index (χ4n) is 0.968. The topological polar surface area (TPSA) is 17.1 Å². The van der Waals surface area contributed by atoms with Crippen molar-refractivity contribution in [3.05, 3.63) is 35.9 Å². The van der Waals surface area contributed by atoms with Crippen molar-refractivity contribution >= 4 is 12.8 Å². The standard InChI is InChI=1S/C10H14OP/c1-12(2,3)10(11)9-7-5-4-6-8-9/h4-8H,1-3H3. The fraction of sp³-hybridized carbons (Fsp3) is 0.300. The Balaban J connectivity index is 2.94. The minimum Gasteiger partial charge on any atom is -0.289 e. The molecule has 1 radical (unpaired) electrons. The van der Waals surface area contributed by atoms with Crippen molar-refractivity contribution in [3.63, 3.8) is 0 Å². The van der Waals surface area contributed by atoms with Gasteiger partial charge in [0.25, 0.3) is 0 Å². The number of hydrogen-bond acceptors (Lipinski definition) is 1. The molecule has 0 amide bonds. The molecule has 0 aromatic heterocycles. The Hall–Kier alpha value is -0.680. The summed E-state index contributed by atoms with van der Waals surface area (Å²) in [5.74, 6) is 0. The highest BCUT2D eigenvalue weighted by molar-refractivity contribution is 7.89. The molecule has 0 saturated carbocycles. The van der Waals surface area contributed by atoms with E-state index in [-0.39, 0.29) is 0 Å². The van der Waals surface area contributed by atoms with Gasteiger partial charge in [0.1, 0.15) is 0 Å². The van der Waals surface area contributed by atoms with Crippen molar-refractivity contribution in [1.29, 1.82) is 0 Å². The number of rotatable bonds is 2. The molecule has 0 aliphatic rings. The summed E-state index contributed by atoms with van der Waals surface area (Å²) in [6.07, 6.45) is 0. The first-order chi connectivity index (χ1) is 5.52. The molecule has 0 aliphatic carbocycles. The first-order valence-electron chi connectivity index (χ1n) is 3.93. The van der Waals surface area contributed by atoms with E-state index in [1.807, 2.05) is 50.3 Å². The molecule has 0 saturated heterocycles. The van der Waals surface area contributed by atoms with Crippen LogP contribution >= 0.6 is 7.26 Å². The highest BCUT2D eigenvalue weighted by Gasteiger charge is 2.19. The summed E-state index contributed by atoms with van der Waals surface area (Å²) in [5.41, 5.74) is 1.15. The Morgan fingerprint density at radius 1 is 1.08 bits per heavy atom. The van der Waals surface area contributed by atoms with Crippen LogP contribution in [0.25, 0.3) is 0 Å². The molecule has 1 aromatic carbocycles. The fourth-order valence-corrected chi connectivity index (χ4v) is 1.89. The summed E-state index contributed by atoms with van der Waals surface area (Å²) < 4.78 is 0. The van der Waals surface area contributed by atoms with E-state index >= 15 is 0 Å². The van der Waals surface area contributed by atoms with E-state index in [1.165, 1.54) is 0 Å². The average Bonchev–Trinajstić information content (AvgIpc) is 2.03. The Morgan fingerprint density at radius 2 is 1.58 bits per heavy atom. The van der Waals surface area contributed by atoms with Gasteiger partial charge in [-0.3, -0.25) is 4.79 Å². The van der Waals surface area contributed by atoms with Gasteiger partial charge >= 0.3 is 0 Å². The summed E-state index contributed by atoms with van der Waals surface area (Å²) in [4.78, 5) is 11.7. The predicted octanol–water partition coefficient (Wildman–Crippen LogP) is 2.73. The molecule has 0 N–H and O–H groups in total. The van der Waals surface area contributed by atoms with E-state index in [9.17, 15) is 4.79 Å². The molecule has 12 heavy (non-hydrogen) atoms.